The van der Waals surface area contributed by atoms with Crippen LogP contribution in [0.5, 0.6) is 11.5 Å². The minimum absolute atomic E-state index is 0.109. The number of methoxy groups -OCH3 is 1. The number of rotatable bonds is 2. The van der Waals surface area contributed by atoms with E-state index in [0.29, 0.717) is 21.9 Å². The molecule has 0 unspecified atom stereocenters. The lowest BCUT2D eigenvalue weighted by Crippen LogP contribution is -2.02. The molecule has 0 spiro atoms. The van der Waals surface area contributed by atoms with Crippen molar-refractivity contribution in [3.05, 3.63) is 57.7 Å². The Labute approximate surface area is 125 Å². The van der Waals surface area contributed by atoms with Crippen LogP contribution in [0.1, 0.15) is 0 Å². The minimum Gasteiger partial charge on any atom is -0.502 e. The molecule has 5 heteroatoms. The van der Waals surface area contributed by atoms with Gasteiger partial charge in [0, 0.05) is 16.7 Å². The Balaban J connectivity index is 2.26. The molecule has 0 saturated heterocycles. The topological polar surface area (TPSA) is 59.7 Å². The summed E-state index contributed by atoms with van der Waals surface area (Å²) < 4.78 is 10.7. The normalized spacial score (nSPS) is 10.8. The van der Waals surface area contributed by atoms with Crippen LogP contribution >= 0.6 is 11.6 Å². The standard InChI is InChI=1S/C16H11ClO4/c1-20-11-5-2-9(3-6-11)16-15(19)14(18)12-7-4-10(17)8-13(12)21-16/h2-8,19H,1H3. The summed E-state index contributed by atoms with van der Waals surface area (Å²) in [4.78, 5) is 12.2. The van der Waals surface area contributed by atoms with E-state index in [1.807, 2.05) is 0 Å². The second kappa shape index (κ2) is 5.14. The summed E-state index contributed by atoms with van der Waals surface area (Å²) in [5, 5.41) is 10.8. The fraction of sp³-hybridized carbons (Fsp3) is 0.0625. The van der Waals surface area contributed by atoms with Gasteiger partial charge in [-0.2, -0.15) is 0 Å². The molecule has 3 rings (SSSR count). The van der Waals surface area contributed by atoms with Gasteiger partial charge < -0.3 is 14.3 Å². The molecule has 3 aromatic rings. The quantitative estimate of drug-likeness (QED) is 0.781. The Morgan fingerprint density at radius 3 is 2.52 bits per heavy atom. The molecular weight excluding hydrogens is 292 g/mol. The maximum Gasteiger partial charge on any atom is 0.235 e. The van der Waals surface area contributed by atoms with Gasteiger partial charge in [-0.1, -0.05) is 11.6 Å². The lowest BCUT2D eigenvalue weighted by Gasteiger charge is -2.07. The first-order chi connectivity index (χ1) is 10.1. The Morgan fingerprint density at radius 1 is 1.14 bits per heavy atom. The smallest absolute Gasteiger partial charge is 0.235 e. The van der Waals surface area contributed by atoms with E-state index in [-0.39, 0.29) is 11.1 Å². The van der Waals surface area contributed by atoms with Gasteiger partial charge >= 0.3 is 0 Å². The van der Waals surface area contributed by atoms with E-state index in [1.165, 1.54) is 6.07 Å². The van der Waals surface area contributed by atoms with E-state index in [1.54, 1.807) is 43.5 Å². The van der Waals surface area contributed by atoms with Crippen molar-refractivity contribution >= 4 is 22.6 Å². The maximum atomic E-state index is 12.2. The minimum atomic E-state index is -0.487. The number of hydrogen-bond donors (Lipinski definition) is 1. The molecule has 1 N–H and O–H groups in total. The highest BCUT2D eigenvalue weighted by Gasteiger charge is 2.15. The molecule has 0 radical (unpaired) electrons. The summed E-state index contributed by atoms with van der Waals surface area (Å²) in [5.74, 6) is 0.358. The summed E-state index contributed by atoms with van der Waals surface area (Å²) in [6.45, 7) is 0. The van der Waals surface area contributed by atoms with Crippen molar-refractivity contribution in [3.63, 3.8) is 0 Å². The van der Waals surface area contributed by atoms with Crippen LogP contribution in [0.25, 0.3) is 22.3 Å². The number of aromatic hydroxyl groups is 1. The van der Waals surface area contributed by atoms with Crippen LogP contribution in [0.3, 0.4) is 0 Å². The molecule has 0 amide bonds. The molecule has 0 atom stereocenters. The predicted octanol–water partition coefficient (Wildman–Crippen LogP) is 3.83. The van der Waals surface area contributed by atoms with Gasteiger partial charge in [-0.05, 0) is 36.4 Å². The van der Waals surface area contributed by atoms with Crippen molar-refractivity contribution in [3.8, 4) is 22.8 Å². The predicted molar refractivity (Wildman–Crippen MR) is 81.1 cm³/mol. The number of benzene rings is 2. The van der Waals surface area contributed by atoms with Crippen molar-refractivity contribution in [2.24, 2.45) is 0 Å². The third-order valence-electron chi connectivity index (χ3n) is 3.18. The Hall–Kier alpha value is -2.46. The van der Waals surface area contributed by atoms with Gasteiger partial charge in [0.15, 0.2) is 5.76 Å². The second-order valence-corrected chi connectivity index (χ2v) is 4.91. The highest BCUT2D eigenvalue weighted by atomic mass is 35.5. The molecule has 21 heavy (non-hydrogen) atoms. The first-order valence-electron chi connectivity index (χ1n) is 6.20. The number of ether oxygens (including phenoxy) is 1. The van der Waals surface area contributed by atoms with Crippen molar-refractivity contribution < 1.29 is 14.3 Å². The van der Waals surface area contributed by atoms with Gasteiger partial charge in [0.1, 0.15) is 11.3 Å². The summed E-state index contributed by atoms with van der Waals surface area (Å²) in [6.07, 6.45) is 0. The van der Waals surface area contributed by atoms with Crippen LogP contribution in [0, 0.1) is 0 Å². The van der Waals surface area contributed by atoms with Crippen LogP contribution in [-0.2, 0) is 0 Å². The molecule has 106 valence electrons. The summed E-state index contributed by atoms with van der Waals surface area (Å²) in [7, 11) is 1.56. The van der Waals surface area contributed by atoms with Crippen molar-refractivity contribution in [1.82, 2.24) is 0 Å². The van der Waals surface area contributed by atoms with Gasteiger partial charge in [-0.15, -0.1) is 0 Å². The molecule has 4 nitrogen and oxygen atoms in total. The third-order valence-corrected chi connectivity index (χ3v) is 3.42. The van der Waals surface area contributed by atoms with Crippen LogP contribution in [0.4, 0.5) is 0 Å². The number of hydrogen-bond acceptors (Lipinski definition) is 4. The van der Waals surface area contributed by atoms with Gasteiger partial charge in [-0.3, -0.25) is 4.79 Å². The van der Waals surface area contributed by atoms with E-state index in [9.17, 15) is 9.90 Å². The average molecular weight is 303 g/mol. The zero-order valence-electron chi connectivity index (χ0n) is 11.1. The largest absolute Gasteiger partial charge is 0.502 e. The highest BCUT2D eigenvalue weighted by molar-refractivity contribution is 6.31. The molecule has 0 saturated carbocycles. The molecule has 0 aliphatic heterocycles. The fourth-order valence-electron chi connectivity index (χ4n) is 2.10. The second-order valence-electron chi connectivity index (χ2n) is 4.48. The van der Waals surface area contributed by atoms with Crippen LogP contribution in [0.15, 0.2) is 51.7 Å². The third kappa shape index (κ3) is 2.34. The molecule has 0 bridgehead atoms. The van der Waals surface area contributed by atoms with E-state index in [4.69, 9.17) is 20.8 Å². The first-order valence-corrected chi connectivity index (χ1v) is 6.57. The van der Waals surface area contributed by atoms with E-state index in [0.717, 1.165) is 0 Å². The summed E-state index contributed by atoms with van der Waals surface area (Å²) in [6, 6.07) is 11.5. The van der Waals surface area contributed by atoms with Crippen LogP contribution < -0.4 is 10.2 Å². The SMILES string of the molecule is COc1ccc(-c2oc3cc(Cl)ccc3c(=O)c2O)cc1. The number of halogens is 1. The molecule has 1 heterocycles. The lowest BCUT2D eigenvalue weighted by molar-refractivity contribution is 0.414. The lowest BCUT2D eigenvalue weighted by atomic mass is 10.1. The zero-order chi connectivity index (χ0) is 15.0. The molecule has 1 aromatic heterocycles. The average Bonchev–Trinajstić information content (AvgIpc) is 2.51. The summed E-state index contributed by atoms with van der Waals surface area (Å²) in [5.41, 5.74) is 0.419. The highest BCUT2D eigenvalue weighted by Crippen LogP contribution is 2.31. The molecule has 0 aliphatic rings. The maximum absolute atomic E-state index is 12.2. The van der Waals surface area contributed by atoms with Gasteiger partial charge in [0.25, 0.3) is 0 Å². The molecule has 2 aromatic carbocycles. The van der Waals surface area contributed by atoms with Gasteiger partial charge in [0.05, 0.1) is 12.5 Å². The Morgan fingerprint density at radius 2 is 1.86 bits per heavy atom. The fourth-order valence-corrected chi connectivity index (χ4v) is 2.26. The van der Waals surface area contributed by atoms with Gasteiger partial charge in [-0.25, -0.2) is 0 Å². The van der Waals surface area contributed by atoms with Crippen molar-refractivity contribution in [2.45, 2.75) is 0 Å². The van der Waals surface area contributed by atoms with Gasteiger partial charge in [0.2, 0.25) is 11.2 Å². The molecular formula is C16H11ClO4. The van der Waals surface area contributed by atoms with Crippen molar-refractivity contribution in [1.29, 1.82) is 0 Å². The Bertz CT molecular complexity index is 866. The molecule has 0 fully saturated rings. The van der Waals surface area contributed by atoms with E-state index in [2.05, 4.69) is 0 Å². The number of fused-ring (bicyclic) bond motifs is 1. The van der Waals surface area contributed by atoms with Crippen LogP contribution in [0.2, 0.25) is 5.02 Å². The van der Waals surface area contributed by atoms with E-state index >= 15 is 0 Å². The molecule has 0 aliphatic carbocycles. The Kier molecular flexibility index (Phi) is 3.31. The first kappa shape index (κ1) is 13.5. The van der Waals surface area contributed by atoms with E-state index < -0.39 is 11.2 Å². The van der Waals surface area contributed by atoms with Crippen LogP contribution in [-0.4, -0.2) is 12.2 Å². The zero-order valence-corrected chi connectivity index (χ0v) is 11.8. The summed E-state index contributed by atoms with van der Waals surface area (Å²) >= 11 is 5.91. The monoisotopic (exact) mass is 302 g/mol. The van der Waals surface area contributed by atoms with Crippen molar-refractivity contribution in [2.75, 3.05) is 7.11 Å².